The average molecular weight is 433 g/mol. The average Bonchev–Trinajstić information content (AvgIpc) is 3.08. The molecule has 2 aromatic carbocycles. The Labute approximate surface area is 175 Å². The Kier molecular flexibility index (Phi) is 6.21. The van der Waals surface area contributed by atoms with Crippen LogP contribution in [0, 0.1) is 38.2 Å². The monoisotopic (exact) mass is 433 g/mol. The molecule has 0 spiro atoms. The predicted octanol–water partition coefficient (Wildman–Crippen LogP) is 4.52. The molecule has 30 heavy (non-hydrogen) atoms. The molecule has 156 valence electrons. The molecule has 0 saturated carbocycles. The van der Waals surface area contributed by atoms with Crippen molar-refractivity contribution >= 4 is 28.8 Å². The summed E-state index contributed by atoms with van der Waals surface area (Å²) in [6, 6.07) is 7.52. The van der Waals surface area contributed by atoms with Crippen LogP contribution >= 0.6 is 11.3 Å². The second kappa shape index (κ2) is 8.66. The van der Waals surface area contributed by atoms with Gasteiger partial charge in [0.05, 0.1) is 17.9 Å². The van der Waals surface area contributed by atoms with Crippen LogP contribution < -0.4 is 10.6 Å². The van der Waals surface area contributed by atoms with E-state index in [1.54, 1.807) is 6.92 Å². The van der Waals surface area contributed by atoms with Gasteiger partial charge in [-0.2, -0.15) is 0 Å². The van der Waals surface area contributed by atoms with Crippen molar-refractivity contribution in [3.8, 4) is 10.6 Å². The van der Waals surface area contributed by atoms with Crippen molar-refractivity contribution in [1.82, 2.24) is 10.3 Å². The minimum absolute atomic E-state index is 0.344. The number of rotatable bonds is 5. The highest BCUT2D eigenvalue weighted by molar-refractivity contribution is 7.17. The van der Waals surface area contributed by atoms with Crippen molar-refractivity contribution in [2.45, 2.75) is 20.8 Å². The molecule has 0 unspecified atom stereocenters. The molecule has 0 atom stereocenters. The van der Waals surface area contributed by atoms with Gasteiger partial charge >= 0.3 is 0 Å². The fourth-order valence-electron chi connectivity index (χ4n) is 2.83. The molecule has 2 amide bonds. The largest absolute Gasteiger partial charge is 0.342 e. The Morgan fingerprint density at radius 3 is 2.47 bits per heavy atom. The zero-order valence-electron chi connectivity index (χ0n) is 16.4. The number of aromatic nitrogens is 1. The van der Waals surface area contributed by atoms with Gasteiger partial charge in [-0.05, 0) is 38.5 Å². The maximum Gasteiger partial charge on any atom is 0.263 e. The van der Waals surface area contributed by atoms with E-state index in [-0.39, 0.29) is 0 Å². The van der Waals surface area contributed by atoms with Crippen LogP contribution in [0.2, 0.25) is 0 Å². The van der Waals surface area contributed by atoms with Crippen LogP contribution in [0.5, 0.6) is 0 Å². The van der Waals surface area contributed by atoms with Gasteiger partial charge in [-0.1, -0.05) is 23.8 Å². The van der Waals surface area contributed by atoms with Crippen molar-refractivity contribution in [3.63, 3.8) is 0 Å². The van der Waals surface area contributed by atoms with E-state index in [9.17, 15) is 22.8 Å². The molecule has 1 aromatic heterocycles. The molecular weight excluding hydrogens is 415 g/mol. The molecule has 0 saturated heterocycles. The number of benzene rings is 2. The number of carbonyl (C=O) groups is 2. The predicted molar refractivity (Wildman–Crippen MR) is 109 cm³/mol. The summed E-state index contributed by atoms with van der Waals surface area (Å²) in [6.45, 7) is 5.16. The summed E-state index contributed by atoms with van der Waals surface area (Å²) in [4.78, 5) is 29.2. The maximum absolute atomic E-state index is 13.6. The van der Waals surface area contributed by atoms with Crippen LogP contribution in [0.3, 0.4) is 0 Å². The Morgan fingerprint density at radius 1 is 1.03 bits per heavy atom. The Balaban J connectivity index is 1.67. The number of nitrogens with one attached hydrogen (secondary N) is 2. The minimum Gasteiger partial charge on any atom is -0.342 e. The quantitative estimate of drug-likeness (QED) is 0.581. The van der Waals surface area contributed by atoms with Gasteiger partial charge in [0.2, 0.25) is 5.91 Å². The lowest BCUT2D eigenvalue weighted by Crippen LogP contribution is -2.33. The SMILES string of the molecule is Cc1ccc(-c2nc(C)c(C(=O)NCC(=O)Nc3ccc(F)c(F)c3F)s2)c(C)c1. The lowest BCUT2D eigenvalue weighted by atomic mass is 10.1. The third kappa shape index (κ3) is 4.51. The van der Waals surface area contributed by atoms with Crippen molar-refractivity contribution in [2.75, 3.05) is 11.9 Å². The molecule has 5 nitrogen and oxygen atoms in total. The standard InChI is InChI=1S/C21H18F3N3O2S/c1-10-4-5-13(11(2)8-10)21-26-12(3)19(30-21)20(29)25-9-16(28)27-15-7-6-14(22)17(23)18(15)24/h4-8H,9H2,1-3H3,(H,25,29)(H,27,28). The number of aryl methyl sites for hydroxylation is 3. The van der Waals surface area contributed by atoms with E-state index < -0.39 is 41.5 Å². The van der Waals surface area contributed by atoms with E-state index >= 15 is 0 Å². The van der Waals surface area contributed by atoms with Gasteiger partial charge in [0, 0.05) is 5.56 Å². The maximum atomic E-state index is 13.6. The Bertz CT molecular complexity index is 1140. The zero-order valence-corrected chi connectivity index (χ0v) is 17.2. The number of nitrogens with zero attached hydrogens (tertiary/aromatic N) is 1. The third-order valence-electron chi connectivity index (χ3n) is 4.33. The molecule has 3 rings (SSSR count). The first-order valence-electron chi connectivity index (χ1n) is 8.94. The van der Waals surface area contributed by atoms with Gasteiger partial charge in [0.15, 0.2) is 17.5 Å². The van der Waals surface area contributed by atoms with Gasteiger partial charge in [-0.15, -0.1) is 11.3 Å². The van der Waals surface area contributed by atoms with E-state index in [0.29, 0.717) is 21.6 Å². The summed E-state index contributed by atoms with van der Waals surface area (Å²) in [5.41, 5.74) is 3.06. The number of thiazole rings is 1. The molecule has 0 aliphatic carbocycles. The normalized spacial score (nSPS) is 10.7. The van der Waals surface area contributed by atoms with Gasteiger partial charge in [-0.25, -0.2) is 18.2 Å². The van der Waals surface area contributed by atoms with E-state index in [2.05, 4.69) is 15.6 Å². The third-order valence-corrected chi connectivity index (χ3v) is 5.52. The molecule has 9 heteroatoms. The number of hydrogen-bond donors (Lipinski definition) is 2. The summed E-state index contributed by atoms with van der Waals surface area (Å²) >= 11 is 1.20. The molecular formula is C21H18F3N3O2S. The van der Waals surface area contributed by atoms with Crippen molar-refractivity contribution in [3.05, 3.63) is 69.5 Å². The lowest BCUT2D eigenvalue weighted by molar-refractivity contribution is -0.115. The van der Waals surface area contributed by atoms with Gasteiger partial charge in [0.1, 0.15) is 9.88 Å². The summed E-state index contributed by atoms with van der Waals surface area (Å²) in [7, 11) is 0. The highest BCUT2D eigenvalue weighted by Gasteiger charge is 2.19. The molecule has 0 bridgehead atoms. The summed E-state index contributed by atoms with van der Waals surface area (Å²) < 4.78 is 39.8. The summed E-state index contributed by atoms with van der Waals surface area (Å²) in [6.07, 6.45) is 0. The van der Waals surface area contributed by atoms with Crippen molar-refractivity contribution in [2.24, 2.45) is 0 Å². The number of halogens is 3. The first-order chi connectivity index (χ1) is 14.2. The van der Waals surface area contributed by atoms with Gasteiger partial charge in [0.25, 0.3) is 5.91 Å². The smallest absolute Gasteiger partial charge is 0.263 e. The number of anilines is 1. The number of carbonyl (C=O) groups excluding carboxylic acids is 2. The Morgan fingerprint density at radius 2 is 1.77 bits per heavy atom. The fraction of sp³-hybridized carbons (Fsp3) is 0.190. The molecule has 2 N–H and O–H groups in total. The summed E-state index contributed by atoms with van der Waals surface area (Å²) in [5.74, 6) is -5.85. The second-order valence-corrected chi connectivity index (χ2v) is 7.70. The molecule has 3 aromatic rings. The fourth-order valence-corrected chi connectivity index (χ4v) is 3.91. The van der Waals surface area contributed by atoms with E-state index in [1.807, 2.05) is 32.0 Å². The first-order valence-corrected chi connectivity index (χ1v) is 9.75. The number of hydrogen-bond acceptors (Lipinski definition) is 4. The van der Waals surface area contributed by atoms with Gasteiger partial charge < -0.3 is 10.6 Å². The van der Waals surface area contributed by atoms with E-state index in [1.165, 1.54) is 11.3 Å². The van der Waals surface area contributed by atoms with Crippen LogP contribution in [-0.4, -0.2) is 23.3 Å². The van der Waals surface area contributed by atoms with Gasteiger partial charge in [-0.3, -0.25) is 9.59 Å². The summed E-state index contributed by atoms with van der Waals surface area (Å²) in [5, 5.41) is 5.20. The molecule has 1 heterocycles. The van der Waals surface area contributed by atoms with Crippen molar-refractivity contribution in [1.29, 1.82) is 0 Å². The molecule has 0 aliphatic heterocycles. The van der Waals surface area contributed by atoms with E-state index in [0.717, 1.165) is 22.8 Å². The Hall–Kier alpha value is -3.20. The second-order valence-electron chi connectivity index (χ2n) is 6.71. The number of amides is 2. The highest BCUT2D eigenvalue weighted by atomic mass is 32.1. The van der Waals surface area contributed by atoms with Crippen LogP contribution in [0.15, 0.2) is 30.3 Å². The first kappa shape index (κ1) is 21.5. The molecule has 0 radical (unpaired) electrons. The zero-order chi connectivity index (χ0) is 22.0. The van der Waals surface area contributed by atoms with E-state index in [4.69, 9.17) is 0 Å². The lowest BCUT2D eigenvalue weighted by Gasteiger charge is -2.08. The topological polar surface area (TPSA) is 71.1 Å². The van der Waals surface area contributed by atoms with Crippen LogP contribution in [0.4, 0.5) is 18.9 Å². The van der Waals surface area contributed by atoms with Crippen LogP contribution in [-0.2, 0) is 4.79 Å². The van der Waals surface area contributed by atoms with Crippen LogP contribution in [0.1, 0.15) is 26.5 Å². The molecule has 0 aliphatic rings. The minimum atomic E-state index is -1.68. The van der Waals surface area contributed by atoms with Crippen molar-refractivity contribution < 1.29 is 22.8 Å². The highest BCUT2D eigenvalue weighted by Crippen LogP contribution is 2.30. The van der Waals surface area contributed by atoms with Crippen LogP contribution in [0.25, 0.3) is 10.6 Å². The molecule has 0 fully saturated rings.